The van der Waals surface area contributed by atoms with E-state index < -0.39 is 0 Å². The van der Waals surface area contributed by atoms with E-state index in [9.17, 15) is 0 Å². The molecule has 0 aromatic heterocycles. The van der Waals surface area contributed by atoms with Crippen LogP contribution >= 0.6 is 0 Å². The number of hydrogen-bond acceptors (Lipinski definition) is 1. The molecule has 0 bridgehead atoms. The Kier molecular flexibility index (Phi) is 48.2. The maximum absolute atomic E-state index is 4.82. The van der Waals surface area contributed by atoms with Gasteiger partial charge in [-0.2, -0.15) is 0 Å². The van der Waals surface area contributed by atoms with Crippen LogP contribution in [0.5, 0.6) is 0 Å². The Labute approximate surface area is 86.2 Å². The van der Waals surface area contributed by atoms with Gasteiger partial charge in [-0.1, -0.05) is 0 Å². The van der Waals surface area contributed by atoms with Crippen molar-refractivity contribution in [2.75, 3.05) is 0 Å². The summed E-state index contributed by atoms with van der Waals surface area (Å²) >= 11 is 2.48. The zero-order valence-corrected chi connectivity index (χ0v) is 12.8. The standard InChI is InChI=1S/C3H4N.CH.3W/c1-2-3-4;;;;/h1-2H,4H2;1H;;;/q2*-1;;;. The summed E-state index contributed by atoms with van der Waals surface area (Å²) in [4.78, 5) is 4.58. The van der Waals surface area contributed by atoms with E-state index in [0.717, 1.165) is 19.4 Å². The summed E-state index contributed by atoms with van der Waals surface area (Å²) in [5.41, 5.74) is 4.82. The summed E-state index contributed by atoms with van der Waals surface area (Å²) in [6.07, 6.45) is 4.05. The third-order valence-electron chi connectivity index (χ3n) is 0.164. The Morgan fingerprint density at radius 2 is 1.88 bits per heavy atom. The van der Waals surface area contributed by atoms with Crippen LogP contribution in [0, 0.1) is 6.20 Å². The molecule has 0 aromatic carbocycles. The van der Waals surface area contributed by atoms with Gasteiger partial charge in [0.15, 0.2) is 0 Å². The quantitative estimate of drug-likeness (QED) is 0.310. The Morgan fingerprint density at radius 3 is 1.88 bits per heavy atom. The van der Waals surface area contributed by atoms with Gasteiger partial charge in [0.2, 0.25) is 0 Å². The van der Waals surface area contributed by atoms with E-state index in [2.05, 4.69) is 11.1 Å². The SMILES string of the molecule is N[C-]=C[CH]=[W].[CH-]=[W].[W]. The Balaban J connectivity index is -0.0000000750. The molecule has 0 amide bonds. The average Bonchev–Trinajstić information content (AvgIpc) is 1.75. The van der Waals surface area contributed by atoms with E-state index in [1.54, 1.807) is 6.08 Å². The molecule has 0 heterocycles. The maximum atomic E-state index is 4.82. The van der Waals surface area contributed by atoms with Gasteiger partial charge in [0.25, 0.3) is 0 Å². The van der Waals surface area contributed by atoms with E-state index in [0.29, 0.717) is 0 Å². The van der Waals surface area contributed by atoms with E-state index in [1.165, 1.54) is 19.4 Å². The second-order valence-electron chi connectivity index (χ2n) is 0.469. The van der Waals surface area contributed by atoms with Crippen molar-refractivity contribution in [1.82, 2.24) is 0 Å². The summed E-state index contributed by atoms with van der Waals surface area (Å²) in [7, 11) is 0. The third-order valence-corrected chi connectivity index (χ3v) is 0.653. The van der Waals surface area contributed by atoms with Gasteiger partial charge >= 0.3 is 66.0 Å². The average molecular weight is 619 g/mol. The number of nitrogens with two attached hydrogens (primary N) is 1. The molecule has 2 N–H and O–H groups in total. The van der Waals surface area contributed by atoms with Crippen LogP contribution in [-0.2, 0) is 59.8 Å². The second-order valence-corrected chi connectivity index (χ2v) is 1.45. The molecule has 0 unspecified atom stereocenters. The molecule has 46 valence electrons. The zero-order valence-electron chi connectivity index (χ0n) is 4.03. The van der Waals surface area contributed by atoms with Gasteiger partial charge in [-0.15, -0.1) is 0 Å². The van der Waals surface area contributed by atoms with Gasteiger partial charge in [-0.25, -0.2) is 0 Å². The Hall–Kier alpha value is 1.34. The number of allylic oxidation sites excluding steroid dienone is 1. The largest absolute Gasteiger partial charge is 0 e. The summed E-state index contributed by atoms with van der Waals surface area (Å²) in [6.45, 7) is 0. The summed E-state index contributed by atoms with van der Waals surface area (Å²) < 4.78 is 1.90. The molecule has 0 aliphatic rings. The van der Waals surface area contributed by atoms with Gasteiger partial charge in [-0.3, -0.25) is 0 Å². The second kappa shape index (κ2) is 23.8. The van der Waals surface area contributed by atoms with E-state index in [-0.39, 0.29) is 21.1 Å². The zero-order chi connectivity index (χ0) is 6.12. The van der Waals surface area contributed by atoms with Crippen LogP contribution in [0.3, 0.4) is 0 Å². The molecular weight excluding hydrogens is 614 g/mol. The van der Waals surface area contributed by atoms with E-state index >= 15 is 0 Å². The first-order valence-corrected chi connectivity index (χ1v) is 4.77. The molecule has 0 aromatic rings. The molecule has 0 radical (unpaired) electrons. The topological polar surface area (TPSA) is 26.0 Å². The fourth-order valence-corrected chi connectivity index (χ4v) is 0.322. The minimum absolute atomic E-state index is 0. The van der Waals surface area contributed by atoms with Crippen LogP contribution in [0.1, 0.15) is 0 Å². The predicted octanol–water partition coefficient (Wildman–Crippen LogP) is -0.549. The normalized spacial score (nSPS) is 6.00. The molecule has 0 aliphatic carbocycles. The van der Waals surface area contributed by atoms with Crippen LogP contribution in [-0.4, -0.2) is 9.30 Å². The van der Waals surface area contributed by atoms with Crippen molar-refractivity contribution in [3.8, 4) is 0 Å². The fraction of sp³-hybridized carbons (Fsp3) is 0. The van der Waals surface area contributed by atoms with Gasteiger partial charge in [0, 0.05) is 21.1 Å². The van der Waals surface area contributed by atoms with Gasteiger partial charge < -0.3 is 0 Å². The van der Waals surface area contributed by atoms with E-state index in [1.807, 2.05) is 4.40 Å². The summed E-state index contributed by atoms with van der Waals surface area (Å²) in [5, 5.41) is 0. The smallest absolute Gasteiger partial charge is 0 e. The predicted molar refractivity (Wildman–Crippen MR) is 24.1 cm³/mol. The summed E-state index contributed by atoms with van der Waals surface area (Å²) in [5.74, 6) is 0. The molecule has 0 aliphatic heterocycles. The Morgan fingerprint density at radius 1 is 1.50 bits per heavy atom. The molecule has 0 rings (SSSR count). The van der Waals surface area contributed by atoms with Crippen molar-refractivity contribution in [2.45, 2.75) is 0 Å². The molecule has 4 heteroatoms. The van der Waals surface area contributed by atoms with Crippen LogP contribution in [0.25, 0.3) is 0 Å². The molecule has 0 saturated heterocycles. The minimum Gasteiger partial charge on any atom is 0 e. The molecule has 0 atom stereocenters. The summed E-state index contributed by atoms with van der Waals surface area (Å²) in [6, 6.07) is 0. The van der Waals surface area contributed by atoms with E-state index in [4.69, 9.17) is 5.73 Å². The van der Waals surface area contributed by atoms with Crippen LogP contribution in [0.15, 0.2) is 6.08 Å². The minimum atomic E-state index is 0. The van der Waals surface area contributed by atoms with Crippen molar-refractivity contribution in [3.05, 3.63) is 12.3 Å². The maximum Gasteiger partial charge on any atom is 0 e. The Bertz CT molecular complexity index is 62.3. The first-order valence-electron chi connectivity index (χ1n) is 1.38. The first-order chi connectivity index (χ1) is 3.41. The van der Waals surface area contributed by atoms with Gasteiger partial charge in [-0.05, 0) is 0 Å². The number of rotatable bonds is 1. The fourth-order valence-electron chi connectivity index (χ4n) is 0.0393. The van der Waals surface area contributed by atoms with Crippen molar-refractivity contribution in [3.63, 3.8) is 0 Å². The van der Waals surface area contributed by atoms with Crippen molar-refractivity contribution in [2.24, 2.45) is 5.73 Å². The van der Waals surface area contributed by atoms with Crippen molar-refractivity contribution < 1.29 is 59.8 Å². The molecule has 0 fully saturated rings. The monoisotopic (exact) mass is 619 g/mol. The van der Waals surface area contributed by atoms with Crippen molar-refractivity contribution in [1.29, 1.82) is 0 Å². The number of hydrogen-bond donors (Lipinski definition) is 1. The molecular formula is C4H5NW3-2. The van der Waals surface area contributed by atoms with Crippen molar-refractivity contribution >= 4 is 9.30 Å². The first kappa shape index (κ1) is 16.2. The van der Waals surface area contributed by atoms with Crippen LogP contribution < -0.4 is 5.73 Å². The molecule has 1 nitrogen and oxygen atoms in total. The molecule has 0 spiro atoms. The van der Waals surface area contributed by atoms with Crippen LogP contribution in [0.4, 0.5) is 0 Å². The van der Waals surface area contributed by atoms with Gasteiger partial charge in [0.05, 0.1) is 0 Å². The molecule has 0 saturated carbocycles. The third kappa shape index (κ3) is 26.4. The van der Waals surface area contributed by atoms with Gasteiger partial charge in [0.1, 0.15) is 0 Å². The molecule has 8 heavy (non-hydrogen) atoms. The van der Waals surface area contributed by atoms with Crippen LogP contribution in [0.2, 0.25) is 0 Å².